The molecule has 0 fully saturated rings. The molecule has 0 heterocycles. The Morgan fingerprint density at radius 1 is 0.750 bits per heavy atom. The Kier molecular flexibility index (Phi) is 20.0. The van der Waals surface area contributed by atoms with Crippen molar-refractivity contribution >= 4 is 0 Å². The van der Waals surface area contributed by atoms with Crippen molar-refractivity contribution < 1.29 is 14.9 Å². The lowest BCUT2D eigenvalue weighted by atomic mass is 10.0. The van der Waals surface area contributed by atoms with E-state index in [0.717, 1.165) is 6.42 Å². The molecule has 0 aliphatic heterocycles. The molecule has 0 amide bonds. The quantitative estimate of drug-likeness (QED) is 0.232. The van der Waals surface area contributed by atoms with Crippen molar-refractivity contribution in [1.82, 2.24) is 0 Å². The molecule has 1 atom stereocenters. The lowest BCUT2D eigenvalue weighted by Crippen LogP contribution is -2.17. The molecule has 144 valence electrons. The molecule has 2 N–H and O–H groups in total. The van der Waals surface area contributed by atoms with Gasteiger partial charge < -0.3 is 14.9 Å². The number of hydrogen-bond donors (Lipinski definition) is 2. The minimum Gasteiger partial charge on any atom is -0.499 e. The van der Waals surface area contributed by atoms with Gasteiger partial charge in [0.25, 0.3) is 0 Å². The molecule has 0 spiro atoms. The molecule has 0 radical (unpaired) electrons. The summed E-state index contributed by atoms with van der Waals surface area (Å²) in [6.07, 6.45) is 23.3. The first-order valence-electron chi connectivity index (χ1n) is 10.4. The summed E-state index contributed by atoms with van der Waals surface area (Å²) in [6.45, 7) is 2.21. The van der Waals surface area contributed by atoms with Gasteiger partial charge in [0.05, 0.1) is 12.9 Å². The maximum absolute atomic E-state index is 9.08. The van der Waals surface area contributed by atoms with E-state index in [1.165, 1.54) is 89.9 Å². The highest BCUT2D eigenvalue weighted by molar-refractivity contribution is 4.73. The summed E-state index contributed by atoms with van der Waals surface area (Å²) in [6, 6.07) is 0. The van der Waals surface area contributed by atoms with Gasteiger partial charge in [0.1, 0.15) is 12.7 Å². The number of unbranched alkanes of at least 4 members (excludes halogenated alkanes) is 14. The lowest BCUT2D eigenvalue weighted by molar-refractivity contribution is 0.0383. The highest BCUT2D eigenvalue weighted by Gasteiger charge is 1.98. The highest BCUT2D eigenvalue weighted by Crippen LogP contribution is 2.13. The molecule has 0 saturated carbocycles. The fraction of sp³-hybridized carbons (Fsp3) is 0.905. The molecule has 0 rings (SSSR count). The van der Waals surface area contributed by atoms with E-state index in [1.54, 1.807) is 6.26 Å². The van der Waals surface area contributed by atoms with Crippen molar-refractivity contribution in [1.29, 1.82) is 0 Å². The minimum absolute atomic E-state index is 0.172. The predicted molar refractivity (Wildman–Crippen MR) is 103 cm³/mol. The summed E-state index contributed by atoms with van der Waals surface area (Å²) < 4.78 is 5.11. The molecule has 0 saturated heterocycles. The van der Waals surface area contributed by atoms with Gasteiger partial charge in [0, 0.05) is 0 Å². The van der Waals surface area contributed by atoms with E-state index in [2.05, 4.69) is 6.92 Å². The van der Waals surface area contributed by atoms with E-state index in [1.807, 2.05) is 6.08 Å². The summed E-state index contributed by atoms with van der Waals surface area (Å²) in [7, 11) is 0. The van der Waals surface area contributed by atoms with Gasteiger partial charge in [0.15, 0.2) is 0 Å². The molecule has 0 unspecified atom stereocenters. The highest BCUT2D eigenvalue weighted by atomic mass is 16.5. The Hall–Kier alpha value is -0.540. The van der Waals surface area contributed by atoms with Crippen molar-refractivity contribution in [3.63, 3.8) is 0 Å². The van der Waals surface area contributed by atoms with Gasteiger partial charge in [-0.05, 0) is 18.9 Å². The molecule has 3 nitrogen and oxygen atoms in total. The second-order valence-electron chi connectivity index (χ2n) is 6.93. The molecule has 0 aromatic carbocycles. The Morgan fingerprint density at radius 3 is 1.67 bits per heavy atom. The number of hydrogen-bond acceptors (Lipinski definition) is 3. The van der Waals surface area contributed by atoms with E-state index in [0.29, 0.717) is 0 Å². The topological polar surface area (TPSA) is 49.7 Å². The van der Waals surface area contributed by atoms with Crippen LogP contribution < -0.4 is 0 Å². The minimum atomic E-state index is -0.768. The summed E-state index contributed by atoms with van der Waals surface area (Å²) in [5.74, 6) is 0. The van der Waals surface area contributed by atoms with Crippen molar-refractivity contribution in [3.8, 4) is 0 Å². The summed E-state index contributed by atoms with van der Waals surface area (Å²) in [4.78, 5) is 0. The molecule has 0 aliphatic carbocycles. The largest absolute Gasteiger partial charge is 0.499 e. The van der Waals surface area contributed by atoms with Crippen LogP contribution in [0.25, 0.3) is 0 Å². The van der Waals surface area contributed by atoms with Gasteiger partial charge in [-0.1, -0.05) is 90.4 Å². The van der Waals surface area contributed by atoms with Crippen LogP contribution >= 0.6 is 0 Å². The third-order valence-corrected chi connectivity index (χ3v) is 4.42. The first kappa shape index (κ1) is 23.5. The normalized spacial score (nSPS) is 12.8. The monoisotopic (exact) mass is 342 g/mol. The second-order valence-corrected chi connectivity index (χ2v) is 6.93. The molecular formula is C21H42O3. The standard InChI is InChI=1S/C21H42O3/c1-2-3-4-5-6-7-8-9-10-11-12-13-14-15-16-17-18-24-20-21(23)19-22/h17-18,21-23H,2-16,19-20H2,1H3/b18-17+/t21-/m0/s1. The van der Waals surface area contributed by atoms with E-state index in [-0.39, 0.29) is 13.2 Å². The van der Waals surface area contributed by atoms with Gasteiger partial charge in [0.2, 0.25) is 0 Å². The Balaban J connectivity index is 3.06. The van der Waals surface area contributed by atoms with Crippen molar-refractivity contribution in [2.45, 2.75) is 109 Å². The summed E-state index contributed by atoms with van der Waals surface area (Å²) in [5.41, 5.74) is 0. The molecule has 3 heteroatoms. The fourth-order valence-electron chi connectivity index (χ4n) is 2.81. The lowest BCUT2D eigenvalue weighted by Gasteiger charge is -2.05. The third kappa shape index (κ3) is 19.5. The van der Waals surface area contributed by atoms with Gasteiger partial charge in [-0.25, -0.2) is 0 Å². The molecule has 24 heavy (non-hydrogen) atoms. The number of aliphatic hydroxyl groups is 2. The van der Waals surface area contributed by atoms with Crippen molar-refractivity contribution in [2.75, 3.05) is 13.2 Å². The van der Waals surface area contributed by atoms with Crippen molar-refractivity contribution in [2.24, 2.45) is 0 Å². The average molecular weight is 343 g/mol. The summed E-state index contributed by atoms with van der Waals surface area (Å²) in [5, 5.41) is 17.7. The van der Waals surface area contributed by atoms with Gasteiger partial charge in [-0.15, -0.1) is 0 Å². The van der Waals surface area contributed by atoms with Crippen LogP contribution in [-0.2, 0) is 4.74 Å². The molecule has 0 aliphatic rings. The van der Waals surface area contributed by atoms with Crippen LogP contribution in [0.3, 0.4) is 0 Å². The summed E-state index contributed by atoms with van der Waals surface area (Å²) >= 11 is 0. The number of rotatable bonds is 19. The van der Waals surface area contributed by atoms with Gasteiger partial charge in [-0.3, -0.25) is 0 Å². The SMILES string of the molecule is CCCCCCCCCCCCCCCC/C=C/OC[C@@H](O)CO. The van der Waals surface area contributed by atoms with Crippen LogP contribution in [-0.4, -0.2) is 29.5 Å². The Morgan fingerprint density at radius 2 is 1.21 bits per heavy atom. The van der Waals surface area contributed by atoms with E-state index < -0.39 is 6.10 Å². The molecule has 0 aromatic rings. The van der Waals surface area contributed by atoms with Crippen LogP contribution in [0, 0.1) is 0 Å². The maximum Gasteiger partial charge on any atom is 0.115 e. The second kappa shape index (κ2) is 20.5. The van der Waals surface area contributed by atoms with Crippen LogP contribution in [0.2, 0.25) is 0 Å². The maximum atomic E-state index is 9.08. The Labute approximate surface area is 150 Å². The van der Waals surface area contributed by atoms with Crippen LogP contribution in [0.15, 0.2) is 12.3 Å². The predicted octanol–water partition coefficient (Wildman–Crippen LogP) is 5.74. The molecule has 0 aromatic heterocycles. The zero-order chi connectivity index (χ0) is 17.7. The van der Waals surface area contributed by atoms with E-state index in [4.69, 9.17) is 14.9 Å². The Bertz CT molecular complexity index is 253. The van der Waals surface area contributed by atoms with E-state index in [9.17, 15) is 0 Å². The zero-order valence-electron chi connectivity index (χ0n) is 16.1. The van der Waals surface area contributed by atoms with Crippen LogP contribution in [0.5, 0.6) is 0 Å². The van der Waals surface area contributed by atoms with Gasteiger partial charge >= 0.3 is 0 Å². The van der Waals surface area contributed by atoms with E-state index >= 15 is 0 Å². The first-order valence-corrected chi connectivity index (χ1v) is 10.4. The zero-order valence-corrected chi connectivity index (χ0v) is 16.1. The number of ether oxygens (including phenoxy) is 1. The van der Waals surface area contributed by atoms with Crippen LogP contribution in [0.4, 0.5) is 0 Å². The average Bonchev–Trinajstić information content (AvgIpc) is 2.60. The number of aliphatic hydroxyl groups excluding tert-OH is 2. The van der Waals surface area contributed by atoms with Crippen molar-refractivity contribution in [3.05, 3.63) is 12.3 Å². The third-order valence-electron chi connectivity index (χ3n) is 4.42. The fourth-order valence-corrected chi connectivity index (χ4v) is 2.81. The smallest absolute Gasteiger partial charge is 0.115 e. The first-order chi connectivity index (χ1) is 11.8. The van der Waals surface area contributed by atoms with Crippen LogP contribution in [0.1, 0.15) is 103 Å². The molecule has 0 bridgehead atoms. The molecular weight excluding hydrogens is 300 g/mol. The van der Waals surface area contributed by atoms with Gasteiger partial charge in [-0.2, -0.15) is 0 Å². The number of allylic oxidation sites excluding steroid dienone is 1.